The molecule has 5 nitrogen and oxygen atoms in total. The quantitative estimate of drug-likeness (QED) is 0.211. The van der Waals surface area contributed by atoms with Gasteiger partial charge in [0, 0.05) is 0 Å². The van der Waals surface area contributed by atoms with E-state index in [0.29, 0.717) is 17.5 Å². The third-order valence-electron chi connectivity index (χ3n) is 5.15. The van der Waals surface area contributed by atoms with Gasteiger partial charge in [0.1, 0.15) is 6.61 Å². The molecule has 168 valence electrons. The Hall–Kier alpha value is -2.72. The molecule has 0 amide bonds. The smallest absolute Gasteiger partial charge is 0.323 e. The van der Waals surface area contributed by atoms with Crippen LogP contribution in [0.5, 0.6) is 0 Å². The van der Waals surface area contributed by atoms with E-state index in [1.54, 1.807) is 48.5 Å². The summed E-state index contributed by atoms with van der Waals surface area (Å²) in [5.41, 5.74) is 0.488. The van der Waals surface area contributed by atoms with Crippen molar-refractivity contribution in [1.82, 2.24) is 0 Å². The Morgan fingerprint density at radius 2 is 1.41 bits per heavy atom. The Morgan fingerprint density at radius 3 is 1.97 bits per heavy atom. The molecule has 3 atom stereocenters. The van der Waals surface area contributed by atoms with Crippen molar-refractivity contribution in [2.45, 2.75) is 37.9 Å². The highest BCUT2D eigenvalue weighted by atomic mass is 31.2. The number of rotatable bonds is 11. The van der Waals surface area contributed by atoms with Gasteiger partial charge in [-0.1, -0.05) is 104 Å². The van der Waals surface area contributed by atoms with Crippen LogP contribution in [-0.4, -0.2) is 17.7 Å². The van der Waals surface area contributed by atoms with E-state index < -0.39 is 24.8 Å². The molecule has 0 aliphatic heterocycles. The maximum atomic E-state index is 14.4. The lowest BCUT2D eigenvalue weighted by Crippen LogP contribution is -2.21. The Balaban J connectivity index is 1.98. The number of ether oxygens (including phenoxy) is 1. The monoisotopic (exact) mass is 452 g/mol. The van der Waals surface area contributed by atoms with Crippen molar-refractivity contribution in [1.29, 1.82) is 0 Å². The standard InChI is InChI=1S/C26H29O5P/c1-2-3-19-31-32(29,26(28)23-17-11-6-12-18-23)24(22-15-9-5-10-16-22)25(27)30-20-21-13-7-4-8-14-21/h4-18,24,26,28H,2-3,19-20H2,1H3. The molecule has 0 radical (unpaired) electrons. The molecule has 0 aliphatic rings. The number of carbonyl (C=O) groups excluding carboxylic acids is 1. The van der Waals surface area contributed by atoms with Gasteiger partial charge in [0.05, 0.1) is 6.61 Å². The molecule has 0 saturated carbocycles. The van der Waals surface area contributed by atoms with Crippen molar-refractivity contribution in [3.63, 3.8) is 0 Å². The minimum Gasteiger partial charge on any atom is -0.460 e. The van der Waals surface area contributed by atoms with E-state index in [9.17, 15) is 14.5 Å². The number of aliphatic hydroxyl groups is 1. The zero-order valence-corrected chi connectivity index (χ0v) is 19.1. The Labute approximate surface area is 189 Å². The molecule has 3 unspecified atom stereocenters. The highest BCUT2D eigenvalue weighted by molar-refractivity contribution is 7.60. The summed E-state index contributed by atoms with van der Waals surface area (Å²) >= 11 is 0. The average molecular weight is 452 g/mol. The van der Waals surface area contributed by atoms with Crippen LogP contribution in [0.15, 0.2) is 91.0 Å². The summed E-state index contributed by atoms with van der Waals surface area (Å²) in [5, 5.41) is 11.2. The van der Waals surface area contributed by atoms with Crippen LogP contribution in [0, 0.1) is 0 Å². The maximum Gasteiger partial charge on any atom is 0.323 e. The molecule has 0 spiro atoms. The van der Waals surface area contributed by atoms with Crippen LogP contribution in [0.1, 0.15) is 48.0 Å². The second-order valence-corrected chi connectivity index (χ2v) is 10.1. The highest BCUT2D eigenvalue weighted by Gasteiger charge is 2.48. The largest absolute Gasteiger partial charge is 0.460 e. The molecule has 0 aliphatic carbocycles. The van der Waals surface area contributed by atoms with Gasteiger partial charge in [-0.15, -0.1) is 0 Å². The molecule has 0 saturated heterocycles. The van der Waals surface area contributed by atoms with Crippen LogP contribution in [0.4, 0.5) is 0 Å². The first-order valence-electron chi connectivity index (χ1n) is 10.8. The van der Waals surface area contributed by atoms with Gasteiger partial charge in [-0.2, -0.15) is 0 Å². The molecular formula is C26H29O5P. The van der Waals surface area contributed by atoms with Gasteiger partial charge in [0.25, 0.3) is 7.37 Å². The Bertz CT molecular complexity index is 1010. The molecular weight excluding hydrogens is 423 g/mol. The number of hydrogen-bond donors (Lipinski definition) is 1. The van der Waals surface area contributed by atoms with Crippen LogP contribution < -0.4 is 0 Å². The fraction of sp³-hybridized carbons (Fsp3) is 0.269. The molecule has 6 heteroatoms. The van der Waals surface area contributed by atoms with Gasteiger partial charge < -0.3 is 14.4 Å². The van der Waals surface area contributed by atoms with E-state index in [0.717, 1.165) is 12.0 Å². The van der Waals surface area contributed by atoms with Gasteiger partial charge in [-0.25, -0.2) is 0 Å². The van der Waals surface area contributed by atoms with E-state index in [2.05, 4.69) is 0 Å². The summed E-state index contributed by atoms with van der Waals surface area (Å²) in [6, 6.07) is 26.7. The number of esters is 1. The van der Waals surface area contributed by atoms with Gasteiger partial charge in [-0.3, -0.25) is 9.36 Å². The fourth-order valence-electron chi connectivity index (χ4n) is 3.40. The van der Waals surface area contributed by atoms with E-state index >= 15 is 0 Å². The number of carbonyl (C=O) groups is 1. The van der Waals surface area contributed by atoms with Crippen LogP contribution >= 0.6 is 7.37 Å². The third-order valence-corrected chi connectivity index (χ3v) is 7.95. The number of hydrogen-bond acceptors (Lipinski definition) is 5. The zero-order valence-electron chi connectivity index (χ0n) is 18.2. The van der Waals surface area contributed by atoms with E-state index in [1.165, 1.54) is 0 Å². The number of aliphatic hydroxyl groups excluding tert-OH is 1. The normalized spacial score (nSPS) is 14.8. The van der Waals surface area contributed by atoms with Gasteiger partial charge >= 0.3 is 5.97 Å². The van der Waals surface area contributed by atoms with Gasteiger partial charge in [-0.05, 0) is 23.1 Å². The lowest BCUT2D eigenvalue weighted by atomic mass is 10.1. The lowest BCUT2D eigenvalue weighted by Gasteiger charge is -2.30. The lowest BCUT2D eigenvalue weighted by molar-refractivity contribution is -0.145. The maximum absolute atomic E-state index is 14.4. The van der Waals surface area contributed by atoms with Gasteiger partial charge in [0.15, 0.2) is 11.5 Å². The third kappa shape index (κ3) is 5.95. The summed E-state index contributed by atoms with van der Waals surface area (Å²) in [6.07, 6.45) is 1.49. The van der Waals surface area contributed by atoms with E-state index in [-0.39, 0.29) is 13.2 Å². The van der Waals surface area contributed by atoms with Crippen LogP contribution in [-0.2, 0) is 25.2 Å². The van der Waals surface area contributed by atoms with Crippen molar-refractivity contribution in [3.8, 4) is 0 Å². The summed E-state index contributed by atoms with van der Waals surface area (Å²) in [5.74, 6) is -2.15. The first-order valence-corrected chi connectivity index (χ1v) is 12.5. The second kappa shape index (κ2) is 11.8. The minimum atomic E-state index is -3.99. The van der Waals surface area contributed by atoms with Crippen molar-refractivity contribution in [2.24, 2.45) is 0 Å². The molecule has 3 aromatic carbocycles. The topological polar surface area (TPSA) is 72.8 Å². The summed E-state index contributed by atoms with van der Waals surface area (Å²) in [7, 11) is -3.99. The Kier molecular flexibility index (Phi) is 8.81. The summed E-state index contributed by atoms with van der Waals surface area (Å²) < 4.78 is 25.8. The van der Waals surface area contributed by atoms with Crippen molar-refractivity contribution in [2.75, 3.05) is 6.61 Å². The first-order chi connectivity index (χ1) is 15.6. The summed E-state index contributed by atoms with van der Waals surface area (Å²) in [6.45, 7) is 2.21. The predicted molar refractivity (Wildman–Crippen MR) is 125 cm³/mol. The minimum absolute atomic E-state index is 0.0411. The van der Waals surface area contributed by atoms with Crippen LogP contribution in [0.25, 0.3) is 0 Å². The van der Waals surface area contributed by atoms with Crippen LogP contribution in [0.3, 0.4) is 0 Å². The molecule has 0 aromatic heterocycles. The predicted octanol–water partition coefficient (Wildman–Crippen LogP) is 6.26. The van der Waals surface area contributed by atoms with E-state index in [1.807, 2.05) is 49.4 Å². The molecule has 3 aromatic rings. The van der Waals surface area contributed by atoms with Crippen molar-refractivity contribution in [3.05, 3.63) is 108 Å². The second-order valence-electron chi connectivity index (χ2n) is 7.52. The zero-order chi connectivity index (χ0) is 22.8. The molecule has 3 rings (SSSR count). The van der Waals surface area contributed by atoms with Crippen molar-refractivity contribution < 1.29 is 23.7 Å². The molecule has 0 heterocycles. The average Bonchev–Trinajstić information content (AvgIpc) is 2.84. The number of unbranched alkanes of at least 4 members (excludes halogenated alkanes) is 1. The molecule has 32 heavy (non-hydrogen) atoms. The van der Waals surface area contributed by atoms with Crippen LogP contribution in [0.2, 0.25) is 0 Å². The molecule has 0 bridgehead atoms. The summed E-state index contributed by atoms with van der Waals surface area (Å²) in [4.78, 5) is 13.3. The van der Waals surface area contributed by atoms with Gasteiger partial charge in [0.2, 0.25) is 0 Å². The number of benzene rings is 3. The molecule has 0 fully saturated rings. The van der Waals surface area contributed by atoms with E-state index in [4.69, 9.17) is 9.26 Å². The molecule has 1 N–H and O–H groups in total. The Morgan fingerprint density at radius 1 is 0.875 bits per heavy atom. The fourth-order valence-corrected chi connectivity index (χ4v) is 5.94. The SMILES string of the molecule is CCCCOP(=O)(C(O)c1ccccc1)C(C(=O)OCc1ccccc1)c1ccccc1. The highest BCUT2D eigenvalue weighted by Crippen LogP contribution is 2.69. The van der Waals surface area contributed by atoms with Crippen molar-refractivity contribution >= 4 is 13.3 Å². The first kappa shape index (κ1) is 23.9.